The van der Waals surface area contributed by atoms with Crippen LogP contribution in [-0.2, 0) is 4.79 Å². The average molecular weight is 500 g/mol. The molecular formula is C27H25N5OS2. The Balaban J connectivity index is 1.48. The first-order valence-electron chi connectivity index (χ1n) is 12.2. The van der Waals surface area contributed by atoms with E-state index >= 15 is 0 Å². The van der Waals surface area contributed by atoms with Gasteiger partial charge in [-0.05, 0) is 55.6 Å². The molecule has 2 bridgehead atoms. The van der Waals surface area contributed by atoms with E-state index in [-0.39, 0.29) is 5.78 Å². The van der Waals surface area contributed by atoms with Crippen LogP contribution in [0.15, 0.2) is 56.8 Å². The molecular weight excluding hydrogens is 474 g/mol. The lowest BCUT2D eigenvalue weighted by atomic mass is 9.75. The molecule has 0 spiro atoms. The number of nitrogens with two attached hydrogens (primary N) is 1. The zero-order valence-corrected chi connectivity index (χ0v) is 21.1. The van der Waals surface area contributed by atoms with Crippen LogP contribution in [0.3, 0.4) is 0 Å². The van der Waals surface area contributed by atoms with E-state index in [4.69, 9.17) is 10.7 Å². The first-order chi connectivity index (χ1) is 17.1. The smallest absolute Gasteiger partial charge is 0.161 e. The highest BCUT2D eigenvalue weighted by Crippen LogP contribution is 2.57. The van der Waals surface area contributed by atoms with Crippen LogP contribution in [-0.4, -0.2) is 31.0 Å². The maximum Gasteiger partial charge on any atom is 0.161 e. The van der Waals surface area contributed by atoms with Crippen LogP contribution < -0.4 is 15.5 Å². The molecule has 1 aromatic carbocycles. The molecule has 6 nitrogen and oxygen atoms in total. The Morgan fingerprint density at radius 1 is 1.17 bits per heavy atom. The molecule has 0 amide bonds. The van der Waals surface area contributed by atoms with Crippen molar-refractivity contribution in [3.63, 3.8) is 0 Å². The summed E-state index contributed by atoms with van der Waals surface area (Å²) in [6, 6.07) is 10.7. The summed E-state index contributed by atoms with van der Waals surface area (Å²) in [6.45, 7) is 2.17. The van der Waals surface area contributed by atoms with E-state index in [1.807, 2.05) is 18.4 Å². The van der Waals surface area contributed by atoms with E-state index in [9.17, 15) is 10.1 Å². The van der Waals surface area contributed by atoms with Gasteiger partial charge in [0.25, 0.3) is 0 Å². The average Bonchev–Trinajstić information content (AvgIpc) is 3.32. The lowest BCUT2D eigenvalue weighted by Gasteiger charge is -2.41. The molecule has 35 heavy (non-hydrogen) atoms. The highest BCUT2D eigenvalue weighted by Gasteiger charge is 2.46. The normalized spacial score (nSPS) is 23.0. The number of ketones is 1. The summed E-state index contributed by atoms with van der Waals surface area (Å²) in [5.41, 5.74) is 12.3. The maximum atomic E-state index is 13.5. The lowest BCUT2D eigenvalue weighted by Crippen LogP contribution is -2.40. The largest absolute Gasteiger partial charge is 0.383 e. The Bertz CT molecular complexity index is 1420. The number of amidine groups is 1. The molecule has 8 heteroatoms. The van der Waals surface area contributed by atoms with Gasteiger partial charge in [0, 0.05) is 41.2 Å². The molecule has 0 radical (unpaired) electrons. The third-order valence-corrected chi connectivity index (χ3v) is 10.1. The molecule has 1 saturated heterocycles. The van der Waals surface area contributed by atoms with E-state index in [2.05, 4.69) is 28.0 Å². The molecule has 6 aliphatic rings. The van der Waals surface area contributed by atoms with Crippen molar-refractivity contribution in [2.24, 2.45) is 10.7 Å². The standard InChI is InChI=1S/C27H25N5OS2/c1-34-16-7-5-14(6-8-16)20-17(13-28)25-30-24(29)23-21-15-9-11-31(12-10-15)26(21)35-27(23)32(25)18-3-2-4-19(33)22(18)20/h5-8,15,20H,2-4,9-12H2,1H3,(H2,29,30). The Kier molecular flexibility index (Phi) is 4.71. The van der Waals surface area contributed by atoms with Crippen molar-refractivity contribution < 1.29 is 4.79 Å². The number of benzene rings is 1. The number of fused-ring (bicyclic) bond motifs is 6. The summed E-state index contributed by atoms with van der Waals surface area (Å²) in [5.74, 6) is 1.36. The predicted octanol–water partition coefficient (Wildman–Crippen LogP) is 5.23. The third-order valence-electron chi connectivity index (χ3n) is 8.08. The van der Waals surface area contributed by atoms with E-state index in [1.54, 1.807) is 23.1 Å². The Labute approximate surface area is 212 Å². The molecule has 1 aromatic heterocycles. The van der Waals surface area contributed by atoms with E-state index in [0.717, 1.165) is 71.1 Å². The minimum atomic E-state index is -0.405. The van der Waals surface area contributed by atoms with Gasteiger partial charge in [-0.2, -0.15) is 5.26 Å². The molecule has 2 aromatic rings. The number of thiophene rings is 1. The molecule has 1 aliphatic carbocycles. The van der Waals surface area contributed by atoms with Gasteiger partial charge in [0.15, 0.2) is 11.6 Å². The summed E-state index contributed by atoms with van der Waals surface area (Å²) in [4.78, 5) is 24.1. The second-order valence-corrected chi connectivity index (χ2v) is 11.6. The number of nitrogens with zero attached hydrogens (tertiary/aromatic N) is 4. The summed E-state index contributed by atoms with van der Waals surface area (Å²) >= 11 is 3.44. The van der Waals surface area contributed by atoms with Crippen LogP contribution in [0.4, 0.5) is 10.0 Å². The molecule has 1 fully saturated rings. The summed E-state index contributed by atoms with van der Waals surface area (Å²) in [6.07, 6.45) is 6.48. The molecule has 1 unspecified atom stereocenters. The number of allylic oxidation sites excluding steroid dienone is 3. The first-order valence-corrected chi connectivity index (χ1v) is 14.3. The minimum absolute atomic E-state index is 0.145. The number of carbonyl (C=O) groups excluding carboxylic acids is 1. The van der Waals surface area contributed by atoms with Crippen molar-refractivity contribution in [2.75, 3.05) is 29.1 Å². The topological polar surface area (TPSA) is 85.7 Å². The van der Waals surface area contributed by atoms with Crippen LogP contribution in [0.1, 0.15) is 60.6 Å². The number of carbonyl (C=O) groups is 1. The van der Waals surface area contributed by atoms with Crippen molar-refractivity contribution in [3.8, 4) is 6.07 Å². The van der Waals surface area contributed by atoms with Gasteiger partial charge in [-0.15, -0.1) is 11.8 Å². The molecule has 0 saturated carbocycles. The van der Waals surface area contributed by atoms with E-state index < -0.39 is 5.92 Å². The van der Waals surface area contributed by atoms with Crippen LogP contribution in [0.25, 0.3) is 0 Å². The first kappa shape index (κ1) is 21.3. The van der Waals surface area contributed by atoms with Gasteiger partial charge < -0.3 is 10.6 Å². The number of nitriles is 1. The quantitative estimate of drug-likeness (QED) is 0.570. The number of aliphatic imine (C=N–C) groups is 1. The minimum Gasteiger partial charge on any atom is -0.383 e. The summed E-state index contributed by atoms with van der Waals surface area (Å²) in [7, 11) is 0. The zero-order chi connectivity index (χ0) is 23.8. The lowest BCUT2D eigenvalue weighted by molar-refractivity contribution is -0.116. The fourth-order valence-corrected chi connectivity index (χ4v) is 8.37. The van der Waals surface area contributed by atoms with Gasteiger partial charge in [-0.1, -0.05) is 23.5 Å². The van der Waals surface area contributed by atoms with Crippen molar-refractivity contribution in [1.29, 1.82) is 5.26 Å². The maximum absolute atomic E-state index is 13.5. The number of hydrogen-bond donors (Lipinski definition) is 1. The Morgan fingerprint density at radius 2 is 1.94 bits per heavy atom. The summed E-state index contributed by atoms with van der Waals surface area (Å²) in [5, 5.41) is 12.8. The zero-order valence-electron chi connectivity index (χ0n) is 19.5. The van der Waals surface area contributed by atoms with Gasteiger partial charge in [-0.25, -0.2) is 4.99 Å². The van der Waals surface area contributed by atoms with Crippen molar-refractivity contribution >= 4 is 44.7 Å². The summed E-state index contributed by atoms with van der Waals surface area (Å²) < 4.78 is 0. The van der Waals surface area contributed by atoms with Crippen LogP contribution in [0, 0.1) is 11.3 Å². The molecule has 1 atom stereocenters. The number of anilines is 2. The van der Waals surface area contributed by atoms with Gasteiger partial charge in [0.05, 0.1) is 28.1 Å². The molecule has 2 N–H and O–H groups in total. The Morgan fingerprint density at radius 3 is 2.66 bits per heavy atom. The van der Waals surface area contributed by atoms with Crippen LogP contribution in [0.5, 0.6) is 0 Å². The van der Waals surface area contributed by atoms with Crippen LogP contribution in [0.2, 0.25) is 0 Å². The van der Waals surface area contributed by atoms with E-state index in [0.29, 0.717) is 29.6 Å². The number of Topliss-reactive ketones (excluding diaryl/α,β-unsaturated/α-hetero) is 1. The van der Waals surface area contributed by atoms with Gasteiger partial charge in [0.1, 0.15) is 10.8 Å². The molecule has 5 aliphatic heterocycles. The van der Waals surface area contributed by atoms with Gasteiger partial charge in [0.2, 0.25) is 0 Å². The Hall–Kier alpha value is -3.02. The molecule has 6 heterocycles. The number of hydrogen-bond acceptors (Lipinski definition) is 8. The number of thioether (sulfide) groups is 1. The molecule has 8 rings (SSSR count). The van der Waals surface area contributed by atoms with Crippen molar-refractivity contribution in [3.05, 3.63) is 63.6 Å². The fraction of sp³-hybridized carbons (Fsp3) is 0.370. The third kappa shape index (κ3) is 2.88. The predicted molar refractivity (Wildman–Crippen MR) is 141 cm³/mol. The monoisotopic (exact) mass is 499 g/mol. The second-order valence-electron chi connectivity index (χ2n) is 9.79. The molecule has 176 valence electrons. The van der Waals surface area contributed by atoms with Crippen LogP contribution >= 0.6 is 23.1 Å². The highest BCUT2D eigenvalue weighted by molar-refractivity contribution is 7.98. The van der Waals surface area contributed by atoms with Crippen molar-refractivity contribution in [1.82, 2.24) is 0 Å². The SMILES string of the molecule is CSc1ccc(C2C(C#N)=C3N=C(N)c4c(sc5c4C4CCN5CC4)N3C3=C2C(=O)CCC3)cc1. The highest BCUT2D eigenvalue weighted by atomic mass is 32.2. The number of rotatable bonds is 2. The fourth-order valence-electron chi connectivity index (χ4n) is 6.48. The van der Waals surface area contributed by atoms with Crippen molar-refractivity contribution in [2.45, 2.75) is 48.8 Å². The number of piperidine rings is 1. The van der Waals surface area contributed by atoms with Gasteiger partial charge >= 0.3 is 0 Å². The van der Waals surface area contributed by atoms with E-state index in [1.165, 1.54) is 10.6 Å². The van der Waals surface area contributed by atoms with Gasteiger partial charge in [-0.3, -0.25) is 9.69 Å². The second kappa shape index (κ2) is 7.74.